The summed E-state index contributed by atoms with van der Waals surface area (Å²) in [6.45, 7) is 18.4. The zero-order chi connectivity index (χ0) is 27.1. The van der Waals surface area contributed by atoms with Crippen LogP contribution in [0.3, 0.4) is 0 Å². The van der Waals surface area contributed by atoms with E-state index in [1.807, 2.05) is 47.6 Å². The molecular formula is C30H46O5. The first-order valence-corrected chi connectivity index (χ1v) is 12.9. The van der Waals surface area contributed by atoms with Crippen molar-refractivity contribution in [2.24, 2.45) is 28.1 Å². The molecule has 1 saturated carbocycles. The van der Waals surface area contributed by atoms with Gasteiger partial charge < -0.3 is 10.2 Å². The maximum absolute atomic E-state index is 14.6. The normalized spacial score (nSPS) is 28.3. The molecule has 35 heavy (non-hydrogen) atoms. The molecule has 0 radical (unpaired) electrons. The Morgan fingerprint density at radius 3 is 2.09 bits per heavy atom. The molecule has 0 aliphatic heterocycles. The Morgan fingerprint density at radius 2 is 1.63 bits per heavy atom. The van der Waals surface area contributed by atoms with Crippen molar-refractivity contribution in [1.82, 2.24) is 0 Å². The van der Waals surface area contributed by atoms with Gasteiger partial charge in [0.25, 0.3) is 0 Å². The standard InChI is InChI=1S/C30H46O5/c1-18(2)11-13-21-17-29(16-15-27(7,8)35)24(32)22(14-12-19(3)4)25(33)30(26(29)34,28(21,9)10)23(31)20(5)6/h11-12,20-21,32,35H,13-17H2,1-10H3/t21-,29-,30+/m0/s1. The molecule has 2 rings (SSSR count). The molecule has 196 valence electrons. The fourth-order valence-electron chi connectivity index (χ4n) is 6.03. The average molecular weight is 487 g/mol. The summed E-state index contributed by atoms with van der Waals surface area (Å²) >= 11 is 0. The van der Waals surface area contributed by atoms with E-state index in [-0.39, 0.29) is 42.3 Å². The number of fused-ring (bicyclic) bond motifs is 2. The monoisotopic (exact) mass is 486 g/mol. The zero-order valence-corrected chi connectivity index (χ0v) is 23.5. The van der Waals surface area contributed by atoms with Crippen LogP contribution in [0.1, 0.15) is 101 Å². The first-order chi connectivity index (χ1) is 15.9. The molecule has 0 aromatic rings. The fourth-order valence-corrected chi connectivity index (χ4v) is 6.03. The first kappa shape index (κ1) is 29.2. The number of ketones is 3. The van der Waals surface area contributed by atoms with Gasteiger partial charge in [0.05, 0.1) is 11.0 Å². The summed E-state index contributed by atoms with van der Waals surface area (Å²) in [6, 6.07) is 0. The second-order valence-corrected chi connectivity index (χ2v) is 12.8. The minimum Gasteiger partial charge on any atom is -0.511 e. The number of carbonyl (C=O) groups excluding carboxylic acids is 3. The Kier molecular flexibility index (Phi) is 8.18. The molecule has 5 heteroatoms. The highest BCUT2D eigenvalue weighted by Gasteiger charge is 2.75. The number of hydrogen-bond acceptors (Lipinski definition) is 5. The van der Waals surface area contributed by atoms with E-state index in [1.165, 1.54) is 0 Å². The molecule has 5 nitrogen and oxygen atoms in total. The van der Waals surface area contributed by atoms with Crippen LogP contribution < -0.4 is 0 Å². The van der Waals surface area contributed by atoms with Crippen molar-refractivity contribution in [1.29, 1.82) is 0 Å². The number of hydrogen-bond donors (Lipinski definition) is 2. The van der Waals surface area contributed by atoms with Gasteiger partial charge in [-0.1, -0.05) is 51.0 Å². The largest absolute Gasteiger partial charge is 0.511 e. The third-order valence-electron chi connectivity index (χ3n) is 8.29. The predicted octanol–water partition coefficient (Wildman–Crippen LogP) is 6.46. The molecule has 0 aromatic carbocycles. The molecule has 0 unspecified atom stereocenters. The fraction of sp³-hybridized carbons (Fsp3) is 0.700. The molecule has 0 aromatic heterocycles. The van der Waals surface area contributed by atoms with Gasteiger partial charge >= 0.3 is 0 Å². The lowest BCUT2D eigenvalue weighted by molar-refractivity contribution is -0.178. The molecule has 2 aliphatic rings. The van der Waals surface area contributed by atoms with Crippen LogP contribution in [-0.4, -0.2) is 33.2 Å². The number of Topliss-reactive ketones (excluding diaryl/α,β-unsaturated/α-hetero) is 3. The van der Waals surface area contributed by atoms with E-state index in [4.69, 9.17) is 0 Å². The Hall–Kier alpha value is -2.01. The topological polar surface area (TPSA) is 91.7 Å². The van der Waals surface area contributed by atoms with Crippen molar-refractivity contribution in [3.05, 3.63) is 34.6 Å². The first-order valence-electron chi connectivity index (χ1n) is 12.9. The molecule has 0 spiro atoms. The summed E-state index contributed by atoms with van der Waals surface area (Å²) in [4.78, 5) is 43.0. The van der Waals surface area contributed by atoms with Crippen molar-refractivity contribution in [3.63, 3.8) is 0 Å². The maximum atomic E-state index is 14.6. The van der Waals surface area contributed by atoms with E-state index in [1.54, 1.807) is 27.7 Å². The van der Waals surface area contributed by atoms with E-state index in [9.17, 15) is 24.6 Å². The van der Waals surface area contributed by atoms with Gasteiger partial charge in [0.1, 0.15) is 5.76 Å². The van der Waals surface area contributed by atoms with Crippen LogP contribution in [0.15, 0.2) is 34.6 Å². The minimum absolute atomic E-state index is 0.171. The van der Waals surface area contributed by atoms with Gasteiger partial charge in [-0.3, -0.25) is 14.4 Å². The number of carbonyl (C=O) groups is 3. The van der Waals surface area contributed by atoms with Crippen molar-refractivity contribution in [2.75, 3.05) is 0 Å². The van der Waals surface area contributed by atoms with Gasteiger partial charge in [0.15, 0.2) is 22.8 Å². The Balaban J connectivity index is 2.98. The maximum Gasteiger partial charge on any atom is 0.184 e. The summed E-state index contributed by atoms with van der Waals surface area (Å²) in [6.07, 6.45) is 5.50. The summed E-state index contributed by atoms with van der Waals surface area (Å²) in [5.41, 5.74) is -2.98. The molecule has 2 bridgehead atoms. The van der Waals surface area contributed by atoms with Crippen LogP contribution in [0.25, 0.3) is 0 Å². The third-order valence-corrected chi connectivity index (χ3v) is 8.29. The lowest BCUT2D eigenvalue weighted by Gasteiger charge is -2.60. The van der Waals surface area contributed by atoms with Gasteiger partial charge in [-0.15, -0.1) is 0 Å². The number of allylic oxidation sites excluding steroid dienone is 6. The summed E-state index contributed by atoms with van der Waals surface area (Å²) < 4.78 is 0. The highest BCUT2D eigenvalue weighted by Crippen LogP contribution is 2.66. The summed E-state index contributed by atoms with van der Waals surface area (Å²) in [5.74, 6) is -2.29. The summed E-state index contributed by atoms with van der Waals surface area (Å²) in [5, 5.41) is 22.2. The number of aliphatic hydroxyl groups excluding tert-OH is 1. The molecule has 0 heterocycles. The molecule has 2 aliphatic carbocycles. The minimum atomic E-state index is -1.86. The SMILES string of the molecule is CC(C)=CCC1=C(O)[C@]2(CCC(C)(C)O)C[C@H](CC=C(C)C)C(C)(C)[C@](C(=O)C(C)C)(C1=O)C2=O. The number of rotatable bonds is 9. The van der Waals surface area contributed by atoms with Crippen molar-refractivity contribution >= 4 is 17.3 Å². The van der Waals surface area contributed by atoms with Crippen LogP contribution in [0.4, 0.5) is 0 Å². The molecule has 1 fully saturated rings. The van der Waals surface area contributed by atoms with E-state index < -0.39 is 39.3 Å². The van der Waals surface area contributed by atoms with Crippen molar-refractivity contribution in [2.45, 2.75) is 107 Å². The lowest BCUT2D eigenvalue weighted by atomic mass is 9.39. The Bertz CT molecular complexity index is 977. The van der Waals surface area contributed by atoms with E-state index in [2.05, 4.69) is 6.08 Å². The van der Waals surface area contributed by atoms with E-state index in [0.29, 0.717) is 12.8 Å². The van der Waals surface area contributed by atoms with E-state index in [0.717, 1.165) is 11.1 Å². The molecule has 2 N–H and O–H groups in total. The van der Waals surface area contributed by atoms with Gasteiger partial charge in [0.2, 0.25) is 0 Å². The Morgan fingerprint density at radius 1 is 1.09 bits per heavy atom. The molecular weight excluding hydrogens is 440 g/mol. The van der Waals surface area contributed by atoms with Gasteiger partial charge in [-0.05, 0) is 85.0 Å². The zero-order valence-electron chi connectivity index (χ0n) is 23.5. The molecule has 0 saturated heterocycles. The lowest BCUT2D eigenvalue weighted by Crippen LogP contribution is -2.70. The average Bonchev–Trinajstić information content (AvgIpc) is 2.70. The molecule has 3 atom stereocenters. The third kappa shape index (κ3) is 4.85. The van der Waals surface area contributed by atoms with E-state index >= 15 is 0 Å². The Labute approximate surface area is 211 Å². The van der Waals surface area contributed by atoms with Crippen LogP contribution in [0.5, 0.6) is 0 Å². The van der Waals surface area contributed by atoms with Crippen LogP contribution in [0.2, 0.25) is 0 Å². The number of aliphatic hydroxyl groups is 2. The van der Waals surface area contributed by atoms with Crippen LogP contribution in [0, 0.1) is 28.1 Å². The second-order valence-electron chi connectivity index (χ2n) is 12.8. The highest BCUT2D eigenvalue weighted by atomic mass is 16.3. The van der Waals surface area contributed by atoms with Gasteiger partial charge in [-0.2, -0.15) is 0 Å². The van der Waals surface area contributed by atoms with Crippen LogP contribution in [-0.2, 0) is 14.4 Å². The van der Waals surface area contributed by atoms with Crippen molar-refractivity contribution in [3.8, 4) is 0 Å². The quantitative estimate of drug-likeness (QED) is 0.288. The summed E-state index contributed by atoms with van der Waals surface area (Å²) in [7, 11) is 0. The van der Waals surface area contributed by atoms with Crippen molar-refractivity contribution < 1.29 is 24.6 Å². The molecule has 0 amide bonds. The van der Waals surface area contributed by atoms with Gasteiger partial charge in [0, 0.05) is 11.5 Å². The van der Waals surface area contributed by atoms with Gasteiger partial charge in [-0.25, -0.2) is 0 Å². The predicted molar refractivity (Wildman–Crippen MR) is 140 cm³/mol. The second kappa shape index (κ2) is 9.80. The highest BCUT2D eigenvalue weighted by molar-refractivity contribution is 6.33. The smallest absolute Gasteiger partial charge is 0.184 e. The van der Waals surface area contributed by atoms with Crippen LogP contribution >= 0.6 is 0 Å².